The highest BCUT2D eigenvalue weighted by Gasteiger charge is 2.40. The zero-order valence-electron chi connectivity index (χ0n) is 14.2. The lowest BCUT2D eigenvalue weighted by Crippen LogP contribution is -2.48. The van der Waals surface area contributed by atoms with Crippen LogP contribution in [-0.4, -0.2) is 18.6 Å². The highest BCUT2D eigenvalue weighted by molar-refractivity contribution is 5.92. The minimum atomic E-state index is -2.88. The van der Waals surface area contributed by atoms with Gasteiger partial charge in [-0.15, -0.1) is 12.4 Å². The predicted octanol–water partition coefficient (Wildman–Crippen LogP) is 4.11. The van der Waals surface area contributed by atoms with Crippen LogP contribution >= 0.6 is 12.4 Å². The second-order valence-corrected chi connectivity index (χ2v) is 7.04. The van der Waals surface area contributed by atoms with Crippen molar-refractivity contribution in [3.05, 3.63) is 23.8 Å². The highest BCUT2D eigenvalue weighted by atomic mass is 35.5. The Morgan fingerprint density at radius 3 is 2.52 bits per heavy atom. The summed E-state index contributed by atoms with van der Waals surface area (Å²) in [5, 5.41) is 2.85. The number of carbonyl (C=O) groups excluding carboxylic acids is 1. The number of alkyl halides is 2. The van der Waals surface area contributed by atoms with Gasteiger partial charge in [-0.25, -0.2) is 0 Å². The number of amides is 1. The number of nitrogens with two attached hydrogens (primary N) is 1. The molecule has 0 heterocycles. The van der Waals surface area contributed by atoms with Gasteiger partial charge in [0.15, 0.2) is 0 Å². The maximum absolute atomic E-state index is 12.6. The first-order chi connectivity index (χ1) is 11.4. The van der Waals surface area contributed by atoms with Crippen molar-refractivity contribution in [2.45, 2.75) is 51.7 Å². The summed E-state index contributed by atoms with van der Waals surface area (Å²) in [6.07, 6.45) is 5.02. The van der Waals surface area contributed by atoms with Gasteiger partial charge in [-0.05, 0) is 56.1 Å². The fourth-order valence-corrected chi connectivity index (χ4v) is 4.15. The van der Waals surface area contributed by atoms with E-state index in [4.69, 9.17) is 5.73 Å². The molecule has 1 aromatic rings. The Bertz CT molecular complexity index is 601. The summed E-state index contributed by atoms with van der Waals surface area (Å²) in [6, 6.07) is 5.04. The number of halogens is 3. The first-order valence-electron chi connectivity index (χ1n) is 8.56. The van der Waals surface area contributed by atoms with Gasteiger partial charge in [-0.1, -0.05) is 12.5 Å². The van der Waals surface area contributed by atoms with Crippen LogP contribution in [-0.2, 0) is 4.79 Å². The normalized spacial score (nSPS) is 28.2. The van der Waals surface area contributed by atoms with Crippen LogP contribution in [0.2, 0.25) is 0 Å². The molecule has 2 unspecified atom stereocenters. The summed E-state index contributed by atoms with van der Waals surface area (Å²) in [4.78, 5) is 12.6. The highest BCUT2D eigenvalue weighted by Crippen LogP contribution is 2.42. The standard InChI is InChI=1S/C18H24F2N2O2.ClH/c1-10-5-6-14(9-15(10)24-18(19)20)22-17(23)13-7-11-3-2-4-12(8-13)16(11)21;/h5-6,9,11-13,16,18H,2-4,7-8,21H2,1H3,(H,22,23);1H. The van der Waals surface area contributed by atoms with Gasteiger partial charge in [0.05, 0.1) is 0 Å². The van der Waals surface area contributed by atoms with Crippen LogP contribution in [0.1, 0.15) is 37.7 Å². The van der Waals surface area contributed by atoms with Gasteiger partial charge in [0.25, 0.3) is 0 Å². The molecule has 3 rings (SSSR count). The minimum Gasteiger partial charge on any atom is -0.434 e. The van der Waals surface area contributed by atoms with Crippen LogP contribution in [0.5, 0.6) is 5.75 Å². The number of rotatable bonds is 4. The second-order valence-electron chi connectivity index (χ2n) is 7.04. The van der Waals surface area contributed by atoms with Crippen LogP contribution in [0.15, 0.2) is 18.2 Å². The largest absolute Gasteiger partial charge is 0.434 e. The number of benzene rings is 1. The fourth-order valence-electron chi connectivity index (χ4n) is 4.15. The maximum atomic E-state index is 12.6. The lowest BCUT2D eigenvalue weighted by atomic mass is 9.65. The van der Waals surface area contributed by atoms with Crippen LogP contribution in [0.25, 0.3) is 0 Å². The third-order valence-corrected chi connectivity index (χ3v) is 5.46. The average molecular weight is 375 g/mol. The minimum absolute atomic E-state index is 0. The van der Waals surface area contributed by atoms with E-state index in [0.717, 1.165) is 25.7 Å². The van der Waals surface area contributed by atoms with Crippen molar-refractivity contribution < 1.29 is 18.3 Å². The Balaban J connectivity index is 0.00000225. The summed E-state index contributed by atoms with van der Waals surface area (Å²) in [5.41, 5.74) is 7.35. The molecule has 0 radical (unpaired) electrons. The lowest BCUT2D eigenvalue weighted by molar-refractivity contribution is -0.122. The van der Waals surface area contributed by atoms with Crippen molar-refractivity contribution in [2.24, 2.45) is 23.5 Å². The Morgan fingerprint density at radius 2 is 1.92 bits per heavy atom. The number of fused-ring (bicyclic) bond motifs is 2. The molecule has 2 aliphatic rings. The number of nitrogens with one attached hydrogen (secondary N) is 1. The van der Waals surface area contributed by atoms with Gasteiger partial charge >= 0.3 is 6.61 Å². The molecule has 1 aromatic carbocycles. The molecule has 2 bridgehead atoms. The molecular weight excluding hydrogens is 350 g/mol. The Labute approximate surface area is 152 Å². The van der Waals surface area contributed by atoms with E-state index in [9.17, 15) is 13.6 Å². The van der Waals surface area contributed by atoms with E-state index in [2.05, 4.69) is 10.1 Å². The van der Waals surface area contributed by atoms with Crippen molar-refractivity contribution in [1.82, 2.24) is 0 Å². The molecule has 0 saturated heterocycles. The summed E-state index contributed by atoms with van der Waals surface area (Å²) < 4.78 is 29.4. The summed E-state index contributed by atoms with van der Waals surface area (Å²) >= 11 is 0. The van der Waals surface area contributed by atoms with Crippen molar-refractivity contribution in [2.75, 3.05) is 5.32 Å². The van der Waals surface area contributed by atoms with Crippen molar-refractivity contribution in [3.8, 4) is 5.75 Å². The number of aryl methyl sites for hydroxylation is 1. The first kappa shape index (κ1) is 19.9. The number of hydrogen-bond donors (Lipinski definition) is 2. The van der Waals surface area contributed by atoms with Crippen LogP contribution in [0.4, 0.5) is 14.5 Å². The SMILES string of the molecule is Cc1ccc(NC(=O)C2CC3CCCC(C2)C3N)cc1OC(F)F.Cl. The average Bonchev–Trinajstić information content (AvgIpc) is 2.49. The first-order valence-corrected chi connectivity index (χ1v) is 8.56. The molecule has 25 heavy (non-hydrogen) atoms. The van der Waals surface area contributed by atoms with E-state index in [1.807, 2.05) is 0 Å². The summed E-state index contributed by atoms with van der Waals surface area (Å²) in [7, 11) is 0. The molecular formula is C18H25ClF2N2O2. The van der Waals surface area contributed by atoms with Gasteiger partial charge in [0.1, 0.15) is 5.75 Å². The summed E-state index contributed by atoms with van der Waals surface area (Å²) in [5.74, 6) is 0.824. The quantitative estimate of drug-likeness (QED) is 0.833. The number of carbonyl (C=O) groups is 1. The third-order valence-electron chi connectivity index (χ3n) is 5.46. The number of hydrogen-bond acceptors (Lipinski definition) is 3. The molecule has 2 saturated carbocycles. The summed E-state index contributed by atoms with van der Waals surface area (Å²) in [6.45, 7) is -1.19. The van der Waals surface area contributed by atoms with E-state index in [-0.39, 0.29) is 36.0 Å². The van der Waals surface area contributed by atoms with E-state index in [0.29, 0.717) is 23.1 Å². The number of anilines is 1. The molecule has 4 nitrogen and oxygen atoms in total. The molecule has 2 fully saturated rings. The molecule has 3 N–H and O–H groups in total. The Hall–Kier alpha value is -1.40. The van der Waals surface area contributed by atoms with Crippen molar-refractivity contribution in [1.29, 1.82) is 0 Å². The van der Waals surface area contributed by atoms with Crippen LogP contribution < -0.4 is 15.8 Å². The molecule has 0 aliphatic heterocycles. The van der Waals surface area contributed by atoms with E-state index in [1.54, 1.807) is 19.1 Å². The van der Waals surface area contributed by atoms with Gasteiger partial charge in [0, 0.05) is 23.7 Å². The Kier molecular flexibility index (Phi) is 6.63. The lowest BCUT2D eigenvalue weighted by Gasteiger charge is -2.43. The zero-order chi connectivity index (χ0) is 17.3. The molecule has 0 spiro atoms. The maximum Gasteiger partial charge on any atom is 0.387 e. The van der Waals surface area contributed by atoms with Gasteiger partial charge in [-0.3, -0.25) is 4.79 Å². The number of ether oxygens (including phenoxy) is 1. The van der Waals surface area contributed by atoms with Crippen molar-refractivity contribution >= 4 is 24.0 Å². The van der Waals surface area contributed by atoms with Gasteiger partial charge in [0.2, 0.25) is 5.91 Å². The van der Waals surface area contributed by atoms with Gasteiger partial charge in [-0.2, -0.15) is 8.78 Å². The second kappa shape index (κ2) is 8.32. The molecule has 2 atom stereocenters. The molecule has 140 valence electrons. The van der Waals surface area contributed by atoms with Crippen LogP contribution in [0.3, 0.4) is 0 Å². The third kappa shape index (κ3) is 4.61. The zero-order valence-corrected chi connectivity index (χ0v) is 15.0. The van der Waals surface area contributed by atoms with Gasteiger partial charge < -0.3 is 15.8 Å². The topological polar surface area (TPSA) is 64.4 Å². The monoisotopic (exact) mass is 374 g/mol. The molecule has 1 amide bonds. The molecule has 2 aliphatic carbocycles. The van der Waals surface area contributed by atoms with E-state index < -0.39 is 6.61 Å². The fraction of sp³-hybridized carbons (Fsp3) is 0.611. The van der Waals surface area contributed by atoms with Crippen LogP contribution in [0, 0.1) is 24.7 Å². The van der Waals surface area contributed by atoms with E-state index >= 15 is 0 Å². The smallest absolute Gasteiger partial charge is 0.387 e. The van der Waals surface area contributed by atoms with E-state index in [1.165, 1.54) is 12.5 Å². The molecule has 7 heteroatoms. The van der Waals surface area contributed by atoms with Crippen molar-refractivity contribution in [3.63, 3.8) is 0 Å². The Morgan fingerprint density at radius 1 is 1.28 bits per heavy atom. The predicted molar refractivity (Wildman–Crippen MR) is 95.2 cm³/mol. The molecule has 0 aromatic heterocycles.